The van der Waals surface area contributed by atoms with E-state index in [1.54, 1.807) is 4.90 Å². The Morgan fingerprint density at radius 1 is 1.40 bits per heavy atom. The van der Waals surface area contributed by atoms with E-state index in [0.717, 1.165) is 12.2 Å². The van der Waals surface area contributed by atoms with Gasteiger partial charge < -0.3 is 20.3 Å². The molecule has 2 amide bonds. The predicted octanol–water partition coefficient (Wildman–Crippen LogP) is 2.22. The van der Waals surface area contributed by atoms with Gasteiger partial charge in [0.15, 0.2) is 0 Å². The second-order valence-electron chi connectivity index (χ2n) is 4.93. The third-order valence-electron chi connectivity index (χ3n) is 3.45. The number of amides is 2. The standard InChI is InChI=1S/C15H23N3O2/c1-3-16-12(2)13-5-4-6-14(11-13)17-15(19)18-7-9-20-10-8-18/h4-6,11-12,16H,3,7-10H2,1-2H3,(H,17,19). The van der Waals surface area contributed by atoms with Gasteiger partial charge in [0.05, 0.1) is 13.2 Å². The van der Waals surface area contributed by atoms with Gasteiger partial charge in [0, 0.05) is 24.8 Å². The highest BCUT2D eigenvalue weighted by Gasteiger charge is 2.16. The van der Waals surface area contributed by atoms with Gasteiger partial charge in [0.1, 0.15) is 0 Å². The molecule has 110 valence electrons. The zero-order valence-corrected chi connectivity index (χ0v) is 12.2. The average molecular weight is 277 g/mol. The van der Waals surface area contributed by atoms with E-state index in [4.69, 9.17) is 4.74 Å². The summed E-state index contributed by atoms with van der Waals surface area (Å²) in [6.45, 7) is 7.66. The minimum absolute atomic E-state index is 0.0541. The molecule has 1 aliphatic rings. The molecular weight excluding hydrogens is 254 g/mol. The van der Waals surface area contributed by atoms with Gasteiger partial charge in [0.25, 0.3) is 0 Å². The van der Waals surface area contributed by atoms with E-state index in [1.165, 1.54) is 5.56 Å². The van der Waals surface area contributed by atoms with Gasteiger partial charge in [0.2, 0.25) is 0 Å². The van der Waals surface area contributed by atoms with Crippen molar-refractivity contribution in [1.82, 2.24) is 10.2 Å². The molecule has 20 heavy (non-hydrogen) atoms. The van der Waals surface area contributed by atoms with Gasteiger partial charge in [-0.2, -0.15) is 0 Å². The summed E-state index contributed by atoms with van der Waals surface area (Å²) in [4.78, 5) is 13.9. The largest absolute Gasteiger partial charge is 0.378 e. The number of carbonyl (C=O) groups excluding carboxylic acids is 1. The van der Waals surface area contributed by atoms with E-state index in [0.29, 0.717) is 26.3 Å². The molecule has 0 bridgehead atoms. The van der Waals surface area contributed by atoms with E-state index in [-0.39, 0.29) is 12.1 Å². The van der Waals surface area contributed by atoms with Crippen molar-refractivity contribution in [3.05, 3.63) is 29.8 Å². The van der Waals surface area contributed by atoms with Crippen molar-refractivity contribution >= 4 is 11.7 Å². The summed E-state index contributed by atoms with van der Waals surface area (Å²) in [6.07, 6.45) is 0. The summed E-state index contributed by atoms with van der Waals surface area (Å²) in [6, 6.07) is 8.20. The maximum Gasteiger partial charge on any atom is 0.321 e. The van der Waals surface area contributed by atoms with Crippen LogP contribution in [0.4, 0.5) is 10.5 Å². The number of carbonyl (C=O) groups is 1. The number of hydrogen-bond acceptors (Lipinski definition) is 3. The molecule has 0 saturated carbocycles. The zero-order valence-electron chi connectivity index (χ0n) is 12.2. The van der Waals surface area contributed by atoms with Crippen molar-refractivity contribution in [3.8, 4) is 0 Å². The fourth-order valence-corrected chi connectivity index (χ4v) is 2.28. The van der Waals surface area contributed by atoms with Crippen LogP contribution in [-0.4, -0.2) is 43.8 Å². The highest BCUT2D eigenvalue weighted by Crippen LogP contribution is 2.17. The molecule has 2 rings (SSSR count). The van der Waals surface area contributed by atoms with Crippen molar-refractivity contribution in [3.63, 3.8) is 0 Å². The van der Waals surface area contributed by atoms with Gasteiger partial charge in [-0.15, -0.1) is 0 Å². The Hall–Kier alpha value is -1.59. The number of anilines is 1. The van der Waals surface area contributed by atoms with Gasteiger partial charge >= 0.3 is 6.03 Å². The molecule has 0 radical (unpaired) electrons. The first-order valence-corrected chi connectivity index (χ1v) is 7.17. The molecule has 1 aromatic rings. The van der Waals surface area contributed by atoms with E-state index >= 15 is 0 Å². The number of benzene rings is 1. The summed E-state index contributed by atoms with van der Waals surface area (Å²) >= 11 is 0. The molecular formula is C15H23N3O2. The second-order valence-corrected chi connectivity index (χ2v) is 4.93. The summed E-state index contributed by atoms with van der Waals surface area (Å²) in [7, 11) is 0. The first-order valence-electron chi connectivity index (χ1n) is 7.17. The van der Waals surface area contributed by atoms with E-state index in [9.17, 15) is 4.79 Å². The van der Waals surface area contributed by atoms with E-state index in [1.807, 2.05) is 18.2 Å². The van der Waals surface area contributed by atoms with Gasteiger partial charge in [-0.1, -0.05) is 19.1 Å². The van der Waals surface area contributed by atoms with Gasteiger partial charge in [-0.25, -0.2) is 4.79 Å². The van der Waals surface area contributed by atoms with E-state index in [2.05, 4.69) is 30.5 Å². The fourth-order valence-electron chi connectivity index (χ4n) is 2.28. The second kappa shape index (κ2) is 7.26. The van der Waals surface area contributed by atoms with Gasteiger partial charge in [-0.3, -0.25) is 0 Å². The monoisotopic (exact) mass is 277 g/mol. The molecule has 5 nitrogen and oxygen atoms in total. The fraction of sp³-hybridized carbons (Fsp3) is 0.533. The molecule has 0 aromatic heterocycles. The van der Waals surface area contributed by atoms with Crippen LogP contribution in [0.25, 0.3) is 0 Å². The maximum atomic E-state index is 12.1. The molecule has 0 spiro atoms. The van der Waals surface area contributed by atoms with Crippen LogP contribution in [-0.2, 0) is 4.74 Å². The average Bonchev–Trinajstić information content (AvgIpc) is 2.48. The van der Waals surface area contributed by atoms with Crippen LogP contribution < -0.4 is 10.6 Å². The number of ether oxygens (including phenoxy) is 1. The van der Waals surface area contributed by atoms with Crippen LogP contribution in [0.3, 0.4) is 0 Å². The smallest absolute Gasteiger partial charge is 0.321 e. The lowest BCUT2D eigenvalue weighted by Gasteiger charge is -2.27. The molecule has 1 atom stereocenters. The number of urea groups is 1. The lowest BCUT2D eigenvalue weighted by molar-refractivity contribution is 0.0564. The number of morpholine rings is 1. The SMILES string of the molecule is CCNC(C)c1cccc(NC(=O)N2CCOCC2)c1. The number of nitrogens with zero attached hydrogens (tertiary/aromatic N) is 1. The van der Waals surface area contributed by atoms with Crippen LogP contribution in [0.2, 0.25) is 0 Å². The van der Waals surface area contributed by atoms with Crippen molar-refractivity contribution in [2.45, 2.75) is 19.9 Å². The lowest BCUT2D eigenvalue weighted by Crippen LogP contribution is -2.43. The van der Waals surface area contributed by atoms with Crippen LogP contribution in [0, 0.1) is 0 Å². The maximum absolute atomic E-state index is 12.1. The predicted molar refractivity (Wildman–Crippen MR) is 79.9 cm³/mol. The highest BCUT2D eigenvalue weighted by atomic mass is 16.5. The normalized spacial score (nSPS) is 16.8. The van der Waals surface area contributed by atoms with Crippen LogP contribution in [0.5, 0.6) is 0 Å². The molecule has 1 aromatic carbocycles. The molecule has 1 unspecified atom stereocenters. The molecule has 0 aliphatic carbocycles. The molecule has 1 heterocycles. The van der Waals surface area contributed by atoms with Crippen molar-refractivity contribution < 1.29 is 9.53 Å². The molecule has 1 fully saturated rings. The Balaban J connectivity index is 1.98. The van der Waals surface area contributed by atoms with Crippen LogP contribution in [0.1, 0.15) is 25.5 Å². The quantitative estimate of drug-likeness (QED) is 0.887. The lowest BCUT2D eigenvalue weighted by atomic mass is 10.1. The first-order chi connectivity index (χ1) is 9.70. The Bertz CT molecular complexity index is 444. The summed E-state index contributed by atoms with van der Waals surface area (Å²) in [5.41, 5.74) is 2.01. The summed E-state index contributed by atoms with van der Waals surface area (Å²) < 4.78 is 5.25. The van der Waals surface area contributed by atoms with Crippen LogP contribution in [0.15, 0.2) is 24.3 Å². The Morgan fingerprint density at radius 2 is 2.15 bits per heavy atom. The third-order valence-corrected chi connectivity index (χ3v) is 3.45. The van der Waals surface area contributed by atoms with Crippen LogP contribution >= 0.6 is 0 Å². The number of hydrogen-bond donors (Lipinski definition) is 2. The van der Waals surface area contributed by atoms with E-state index < -0.39 is 0 Å². The minimum atomic E-state index is -0.0541. The Labute approximate surface area is 120 Å². The third kappa shape index (κ3) is 3.95. The summed E-state index contributed by atoms with van der Waals surface area (Å²) in [5, 5.41) is 6.32. The summed E-state index contributed by atoms with van der Waals surface area (Å²) in [5.74, 6) is 0. The number of nitrogens with one attached hydrogen (secondary N) is 2. The highest BCUT2D eigenvalue weighted by molar-refractivity contribution is 5.89. The molecule has 1 aliphatic heterocycles. The molecule has 5 heteroatoms. The Kier molecular flexibility index (Phi) is 5.38. The first kappa shape index (κ1) is 14.8. The molecule has 1 saturated heterocycles. The minimum Gasteiger partial charge on any atom is -0.378 e. The number of rotatable bonds is 4. The Morgan fingerprint density at radius 3 is 2.85 bits per heavy atom. The topological polar surface area (TPSA) is 53.6 Å². The zero-order chi connectivity index (χ0) is 14.4. The van der Waals surface area contributed by atoms with Crippen molar-refractivity contribution in [2.24, 2.45) is 0 Å². The van der Waals surface area contributed by atoms with Crippen molar-refractivity contribution in [1.29, 1.82) is 0 Å². The van der Waals surface area contributed by atoms with Crippen molar-refractivity contribution in [2.75, 3.05) is 38.2 Å². The molecule has 2 N–H and O–H groups in total. The van der Waals surface area contributed by atoms with Gasteiger partial charge in [-0.05, 0) is 31.2 Å².